The Morgan fingerprint density at radius 3 is 1.86 bits per heavy atom. The molecule has 0 aliphatic carbocycles. The zero-order chi connectivity index (χ0) is 30.1. The van der Waals surface area contributed by atoms with Crippen LogP contribution >= 0.6 is 0 Å². The second-order valence-electron chi connectivity index (χ2n) is 9.85. The lowest BCUT2D eigenvalue weighted by atomic mass is 10.1. The fourth-order valence-electron chi connectivity index (χ4n) is 4.60. The molecule has 43 heavy (non-hydrogen) atoms. The van der Waals surface area contributed by atoms with E-state index in [1.807, 2.05) is 36.4 Å². The Balaban J connectivity index is 1.28. The van der Waals surface area contributed by atoms with Crippen LogP contribution in [0.4, 0.5) is 11.4 Å². The van der Waals surface area contributed by atoms with Gasteiger partial charge in [0, 0.05) is 12.1 Å². The Kier molecular flexibility index (Phi) is 9.29. The largest absolute Gasteiger partial charge is 0.352 e. The van der Waals surface area contributed by atoms with Crippen LogP contribution in [-0.2, 0) is 23.0 Å². The Morgan fingerprint density at radius 2 is 1.19 bits per heavy atom. The predicted molar refractivity (Wildman–Crippen MR) is 170 cm³/mol. The summed E-state index contributed by atoms with van der Waals surface area (Å²) in [5, 5.41) is 5.76. The van der Waals surface area contributed by atoms with E-state index in [1.54, 1.807) is 103 Å². The molecule has 0 unspecified atom stereocenters. The van der Waals surface area contributed by atoms with Crippen molar-refractivity contribution in [3.05, 3.63) is 162 Å². The van der Waals surface area contributed by atoms with E-state index in [0.29, 0.717) is 41.0 Å². The summed E-state index contributed by atoms with van der Waals surface area (Å²) in [5.41, 5.74) is 3.51. The molecule has 0 atom stereocenters. The lowest BCUT2D eigenvalue weighted by Crippen LogP contribution is -2.30. The number of carbonyl (C=O) groups excluding carboxylic acids is 2. The molecule has 0 spiro atoms. The average Bonchev–Trinajstić information content (AvgIpc) is 3.05. The lowest BCUT2D eigenvalue weighted by molar-refractivity contribution is 0.0955. The summed E-state index contributed by atoms with van der Waals surface area (Å²) in [5.74, 6) is -0.657. The lowest BCUT2D eigenvalue weighted by Gasteiger charge is -2.25. The molecule has 5 aromatic carbocycles. The van der Waals surface area contributed by atoms with E-state index < -0.39 is 10.0 Å². The van der Waals surface area contributed by atoms with Crippen molar-refractivity contribution in [2.24, 2.45) is 0 Å². The highest BCUT2D eigenvalue weighted by Gasteiger charge is 2.25. The van der Waals surface area contributed by atoms with Gasteiger partial charge in [-0.25, -0.2) is 8.42 Å². The van der Waals surface area contributed by atoms with Gasteiger partial charge in [-0.05, 0) is 66.1 Å². The van der Waals surface area contributed by atoms with Crippen molar-refractivity contribution in [2.45, 2.75) is 17.9 Å². The van der Waals surface area contributed by atoms with Crippen LogP contribution in [0.5, 0.6) is 0 Å². The number of amides is 2. The first-order valence-corrected chi connectivity index (χ1v) is 15.3. The highest BCUT2D eigenvalue weighted by atomic mass is 32.2. The fraction of sp³-hybridized carbons (Fsp3) is 0.0857. The standard InChI is InChI=1S/C35H31N3O4S/c39-34(37-33-19-11-10-18-32(33)35(40)36-25-24-27-12-4-1-5-13-27)29-22-20-28(21-23-29)26-38(30-14-6-2-7-15-30)43(41,42)31-16-8-3-9-17-31/h1-23H,24-26H2,(H,36,40)(H,37,39). The van der Waals surface area contributed by atoms with E-state index in [9.17, 15) is 18.0 Å². The van der Waals surface area contributed by atoms with Gasteiger partial charge >= 0.3 is 0 Å². The Labute approximate surface area is 251 Å². The Bertz CT molecular complexity index is 1780. The molecule has 0 aliphatic rings. The maximum Gasteiger partial charge on any atom is 0.264 e. The molecule has 2 amide bonds. The van der Waals surface area contributed by atoms with Crippen molar-refractivity contribution >= 4 is 33.2 Å². The van der Waals surface area contributed by atoms with Gasteiger partial charge in [0.25, 0.3) is 21.8 Å². The number of benzene rings is 5. The van der Waals surface area contributed by atoms with Crippen LogP contribution in [0.15, 0.2) is 144 Å². The van der Waals surface area contributed by atoms with Crippen molar-refractivity contribution in [1.29, 1.82) is 0 Å². The number of hydrogen-bond donors (Lipinski definition) is 2. The number of hydrogen-bond acceptors (Lipinski definition) is 4. The van der Waals surface area contributed by atoms with Crippen LogP contribution in [0.3, 0.4) is 0 Å². The summed E-state index contributed by atoms with van der Waals surface area (Å²) in [6.07, 6.45) is 0.696. The number of nitrogens with one attached hydrogen (secondary N) is 2. The molecule has 5 rings (SSSR count). The Morgan fingerprint density at radius 1 is 0.605 bits per heavy atom. The first-order chi connectivity index (χ1) is 20.9. The number of rotatable bonds is 11. The molecule has 0 bridgehead atoms. The summed E-state index contributed by atoms with van der Waals surface area (Å²) in [6.45, 7) is 0.543. The molecule has 0 aliphatic heterocycles. The first kappa shape index (κ1) is 29.3. The first-order valence-electron chi connectivity index (χ1n) is 13.9. The van der Waals surface area contributed by atoms with Gasteiger partial charge in [-0.2, -0.15) is 0 Å². The maximum absolute atomic E-state index is 13.6. The minimum atomic E-state index is -3.84. The predicted octanol–water partition coefficient (Wildman–Crippen LogP) is 6.31. The van der Waals surface area contributed by atoms with Crippen LogP contribution in [0.25, 0.3) is 0 Å². The van der Waals surface area contributed by atoms with E-state index in [-0.39, 0.29) is 23.3 Å². The number of nitrogens with zero attached hydrogens (tertiary/aromatic N) is 1. The SMILES string of the molecule is O=C(Nc1ccccc1C(=O)NCCc1ccccc1)c1ccc(CN(c2ccccc2)S(=O)(=O)c2ccccc2)cc1. The molecular weight excluding hydrogens is 558 g/mol. The topological polar surface area (TPSA) is 95.6 Å². The van der Waals surface area contributed by atoms with Crippen molar-refractivity contribution in [3.63, 3.8) is 0 Å². The molecule has 0 saturated carbocycles. The fourth-order valence-corrected chi connectivity index (χ4v) is 6.08. The zero-order valence-corrected chi connectivity index (χ0v) is 24.2. The van der Waals surface area contributed by atoms with Crippen molar-refractivity contribution < 1.29 is 18.0 Å². The van der Waals surface area contributed by atoms with Crippen LogP contribution in [0.1, 0.15) is 31.8 Å². The van der Waals surface area contributed by atoms with Gasteiger partial charge < -0.3 is 10.6 Å². The summed E-state index contributed by atoms with van der Waals surface area (Å²) in [7, 11) is -3.84. The van der Waals surface area contributed by atoms with Gasteiger partial charge in [0.1, 0.15) is 0 Å². The molecule has 0 aromatic heterocycles. The average molecular weight is 590 g/mol. The monoisotopic (exact) mass is 589 g/mol. The van der Waals surface area contributed by atoms with Gasteiger partial charge in [-0.1, -0.05) is 91.0 Å². The van der Waals surface area contributed by atoms with E-state index in [0.717, 1.165) is 5.56 Å². The van der Waals surface area contributed by atoms with Crippen molar-refractivity contribution in [3.8, 4) is 0 Å². The molecule has 0 saturated heterocycles. The summed E-state index contributed by atoms with van der Waals surface area (Å²) < 4.78 is 28.5. The third kappa shape index (κ3) is 7.36. The van der Waals surface area contributed by atoms with Crippen LogP contribution in [0.2, 0.25) is 0 Å². The molecule has 8 heteroatoms. The van der Waals surface area contributed by atoms with Crippen LogP contribution in [0, 0.1) is 0 Å². The number of carbonyl (C=O) groups is 2. The Hall–Kier alpha value is -5.21. The van der Waals surface area contributed by atoms with E-state index in [1.165, 1.54) is 4.31 Å². The molecule has 0 radical (unpaired) electrons. The van der Waals surface area contributed by atoms with Gasteiger partial charge in [-0.3, -0.25) is 13.9 Å². The second kappa shape index (κ2) is 13.6. The normalized spacial score (nSPS) is 11.0. The molecule has 2 N–H and O–H groups in total. The summed E-state index contributed by atoms with van der Waals surface area (Å²) >= 11 is 0. The number of para-hydroxylation sites is 2. The summed E-state index contributed by atoms with van der Waals surface area (Å²) in [6, 6.07) is 40.7. The van der Waals surface area contributed by atoms with Crippen molar-refractivity contribution in [1.82, 2.24) is 5.32 Å². The van der Waals surface area contributed by atoms with E-state index in [2.05, 4.69) is 10.6 Å². The molecule has 7 nitrogen and oxygen atoms in total. The van der Waals surface area contributed by atoms with E-state index >= 15 is 0 Å². The quantitative estimate of drug-likeness (QED) is 0.189. The zero-order valence-electron chi connectivity index (χ0n) is 23.4. The van der Waals surface area contributed by atoms with Gasteiger partial charge in [-0.15, -0.1) is 0 Å². The molecule has 5 aromatic rings. The van der Waals surface area contributed by atoms with E-state index in [4.69, 9.17) is 0 Å². The highest BCUT2D eigenvalue weighted by molar-refractivity contribution is 7.92. The van der Waals surface area contributed by atoms with Crippen LogP contribution in [-0.4, -0.2) is 26.8 Å². The minimum absolute atomic E-state index is 0.0785. The van der Waals surface area contributed by atoms with Crippen LogP contribution < -0.4 is 14.9 Å². The third-order valence-electron chi connectivity index (χ3n) is 6.88. The molecule has 0 heterocycles. The third-order valence-corrected chi connectivity index (χ3v) is 8.67. The van der Waals surface area contributed by atoms with Gasteiger partial charge in [0.05, 0.1) is 28.4 Å². The smallest absolute Gasteiger partial charge is 0.264 e. The molecule has 216 valence electrons. The van der Waals surface area contributed by atoms with Gasteiger partial charge in [0.15, 0.2) is 0 Å². The number of sulfonamides is 1. The molecule has 0 fully saturated rings. The number of anilines is 2. The summed E-state index contributed by atoms with van der Waals surface area (Å²) in [4.78, 5) is 26.2. The second-order valence-corrected chi connectivity index (χ2v) is 11.7. The highest BCUT2D eigenvalue weighted by Crippen LogP contribution is 2.26. The minimum Gasteiger partial charge on any atom is -0.352 e. The maximum atomic E-state index is 13.6. The van der Waals surface area contributed by atoms with Crippen molar-refractivity contribution in [2.75, 3.05) is 16.2 Å². The van der Waals surface area contributed by atoms with Gasteiger partial charge in [0.2, 0.25) is 0 Å². The molecular formula is C35H31N3O4S.